The summed E-state index contributed by atoms with van der Waals surface area (Å²) in [7, 11) is 1.80. The Morgan fingerprint density at radius 3 is 2.50 bits per heavy atom. The number of fused-ring (bicyclic) bond motifs is 1. The molecular formula is C16H26O2. The number of rotatable bonds is 2. The van der Waals surface area contributed by atoms with E-state index in [2.05, 4.69) is 20.8 Å². The van der Waals surface area contributed by atoms with Gasteiger partial charge in [-0.25, -0.2) is 0 Å². The van der Waals surface area contributed by atoms with Gasteiger partial charge in [-0.15, -0.1) is 0 Å². The predicted octanol–water partition coefficient (Wildman–Crippen LogP) is 3.75. The minimum absolute atomic E-state index is 0.0898. The van der Waals surface area contributed by atoms with Crippen molar-refractivity contribution in [3.05, 3.63) is 11.1 Å². The molecule has 0 amide bonds. The SMILES string of the molecule is COC(C)(C)C1CC[C@H](C)[C@@H]2CC(=O)C(C)=C2C1. The fourth-order valence-electron chi connectivity index (χ4n) is 3.58. The molecule has 0 N–H and O–H groups in total. The molecule has 1 fully saturated rings. The summed E-state index contributed by atoms with van der Waals surface area (Å²) in [5.74, 6) is 2.05. The molecule has 1 saturated carbocycles. The first kappa shape index (κ1) is 13.8. The van der Waals surface area contributed by atoms with E-state index < -0.39 is 0 Å². The summed E-state index contributed by atoms with van der Waals surface area (Å²) in [6.07, 6.45) is 4.23. The quantitative estimate of drug-likeness (QED) is 0.746. The van der Waals surface area contributed by atoms with E-state index in [0.717, 1.165) is 18.4 Å². The second kappa shape index (κ2) is 4.80. The first-order chi connectivity index (χ1) is 8.36. The monoisotopic (exact) mass is 250 g/mol. The summed E-state index contributed by atoms with van der Waals surface area (Å²) in [6.45, 7) is 8.68. The number of hydrogen-bond acceptors (Lipinski definition) is 2. The van der Waals surface area contributed by atoms with E-state index in [1.165, 1.54) is 18.4 Å². The highest BCUT2D eigenvalue weighted by Crippen LogP contribution is 2.46. The number of hydrogen-bond donors (Lipinski definition) is 0. The van der Waals surface area contributed by atoms with Crippen molar-refractivity contribution in [2.24, 2.45) is 17.8 Å². The molecule has 0 aliphatic heterocycles. The van der Waals surface area contributed by atoms with Crippen LogP contribution in [0.3, 0.4) is 0 Å². The molecule has 0 bridgehead atoms. The van der Waals surface area contributed by atoms with Crippen molar-refractivity contribution in [3.8, 4) is 0 Å². The number of methoxy groups -OCH3 is 1. The zero-order valence-corrected chi connectivity index (χ0v) is 12.4. The van der Waals surface area contributed by atoms with Crippen molar-refractivity contribution in [3.63, 3.8) is 0 Å². The number of ketones is 1. The molecule has 0 aromatic heterocycles. The molecule has 3 atom stereocenters. The van der Waals surface area contributed by atoms with Crippen LogP contribution in [0.15, 0.2) is 11.1 Å². The molecule has 1 unspecified atom stereocenters. The molecule has 0 aromatic carbocycles. The summed E-state index contributed by atoms with van der Waals surface area (Å²) in [5, 5.41) is 0. The topological polar surface area (TPSA) is 26.3 Å². The average Bonchev–Trinajstić information content (AvgIpc) is 2.50. The smallest absolute Gasteiger partial charge is 0.159 e. The van der Waals surface area contributed by atoms with E-state index in [4.69, 9.17) is 4.74 Å². The molecular weight excluding hydrogens is 224 g/mol. The number of carbonyl (C=O) groups excluding carboxylic acids is 1. The molecule has 2 aliphatic carbocycles. The van der Waals surface area contributed by atoms with Crippen molar-refractivity contribution in [2.45, 2.75) is 59.0 Å². The zero-order valence-electron chi connectivity index (χ0n) is 12.4. The lowest BCUT2D eigenvalue weighted by molar-refractivity contribution is -0.115. The van der Waals surface area contributed by atoms with Crippen LogP contribution in [0.25, 0.3) is 0 Å². The maximum Gasteiger partial charge on any atom is 0.159 e. The fourth-order valence-corrected chi connectivity index (χ4v) is 3.58. The lowest BCUT2D eigenvalue weighted by atomic mass is 9.82. The summed E-state index contributed by atoms with van der Waals surface area (Å²) >= 11 is 0. The van der Waals surface area contributed by atoms with Crippen LogP contribution in [0.5, 0.6) is 0 Å². The van der Waals surface area contributed by atoms with Gasteiger partial charge in [-0.05, 0) is 63.4 Å². The zero-order chi connectivity index (χ0) is 13.5. The number of allylic oxidation sites excluding steroid dienone is 2. The third kappa shape index (κ3) is 2.27. The Morgan fingerprint density at radius 2 is 1.89 bits per heavy atom. The van der Waals surface area contributed by atoms with E-state index >= 15 is 0 Å². The van der Waals surface area contributed by atoms with Crippen molar-refractivity contribution in [1.29, 1.82) is 0 Å². The van der Waals surface area contributed by atoms with Gasteiger partial charge in [0.05, 0.1) is 5.60 Å². The lowest BCUT2D eigenvalue weighted by Crippen LogP contribution is -2.33. The summed E-state index contributed by atoms with van der Waals surface area (Å²) < 4.78 is 5.67. The van der Waals surface area contributed by atoms with Gasteiger partial charge in [0.1, 0.15) is 0 Å². The molecule has 0 spiro atoms. The first-order valence-electron chi connectivity index (χ1n) is 7.14. The lowest BCUT2D eigenvalue weighted by Gasteiger charge is -2.33. The average molecular weight is 250 g/mol. The molecule has 0 saturated heterocycles. The number of ether oxygens (including phenoxy) is 1. The Hall–Kier alpha value is -0.630. The van der Waals surface area contributed by atoms with Crippen molar-refractivity contribution >= 4 is 5.78 Å². The van der Waals surface area contributed by atoms with Crippen molar-refractivity contribution < 1.29 is 9.53 Å². The van der Waals surface area contributed by atoms with Gasteiger partial charge in [0, 0.05) is 13.5 Å². The highest BCUT2D eigenvalue weighted by molar-refractivity contribution is 5.98. The van der Waals surface area contributed by atoms with E-state index in [9.17, 15) is 4.79 Å². The van der Waals surface area contributed by atoms with E-state index in [1.54, 1.807) is 7.11 Å². The van der Waals surface area contributed by atoms with Crippen LogP contribution in [0.4, 0.5) is 0 Å². The van der Waals surface area contributed by atoms with Crippen LogP contribution < -0.4 is 0 Å². The third-order valence-electron chi connectivity index (χ3n) is 5.39. The second-order valence-corrected chi connectivity index (χ2v) is 6.65. The van der Waals surface area contributed by atoms with E-state index in [1.807, 2.05) is 6.92 Å². The van der Waals surface area contributed by atoms with Crippen LogP contribution in [-0.2, 0) is 9.53 Å². The second-order valence-electron chi connectivity index (χ2n) is 6.65. The van der Waals surface area contributed by atoms with Gasteiger partial charge >= 0.3 is 0 Å². The van der Waals surface area contributed by atoms with E-state index in [-0.39, 0.29) is 5.60 Å². The minimum Gasteiger partial charge on any atom is -0.379 e. The van der Waals surface area contributed by atoms with Gasteiger partial charge in [-0.1, -0.05) is 12.5 Å². The number of Topliss-reactive ketones (excluding diaryl/α,β-unsaturated/α-hetero) is 1. The molecule has 2 heteroatoms. The van der Waals surface area contributed by atoms with Crippen LogP contribution in [0.2, 0.25) is 0 Å². The minimum atomic E-state index is -0.0898. The van der Waals surface area contributed by atoms with Gasteiger partial charge in [0.2, 0.25) is 0 Å². The molecule has 18 heavy (non-hydrogen) atoms. The Kier molecular flexibility index (Phi) is 3.68. The highest BCUT2D eigenvalue weighted by Gasteiger charge is 2.40. The molecule has 0 heterocycles. The highest BCUT2D eigenvalue weighted by atomic mass is 16.5. The molecule has 102 valence electrons. The molecule has 2 aliphatic rings. The first-order valence-corrected chi connectivity index (χ1v) is 7.14. The van der Waals surface area contributed by atoms with Crippen molar-refractivity contribution in [1.82, 2.24) is 0 Å². The van der Waals surface area contributed by atoms with Gasteiger partial charge in [0.25, 0.3) is 0 Å². The van der Waals surface area contributed by atoms with Crippen LogP contribution in [0.1, 0.15) is 53.4 Å². The standard InChI is InChI=1S/C16H26O2/c1-10-6-7-12(16(3,4)18-5)8-14-11(2)15(17)9-13(10)14/h10,12-13H,6-9H2,1-5H3/t10-,12?,13-/m0/s1. The van der Waals surface area contributed by atoms with Gasteiger partial charge in [0.15, 0.2) is 5.78 Å². The van der Waals surface area contributed by atoms with Crippen LogP contribution >= 0.6 is 0 Å². The van der Waals surface area contributed by atoms with E-state index in [0.29, 0.717) is 23.5 Å². The van der Waals surface area contributed by atoms with Gasteiger partial charge < -0.3 is 4.74 Å². The summed E-state index contributed by atoms with van der Waals surface area (Å²) in [5.41, 5.74) is 2.39. The molecule has 2 rings (SSSR count). The third-order valence-corrected chi connectivity index (χ3v) is 5.39. The maximum atomic E-state index is 11.9. The molecule has 0 radical (unpaired) electrons. The van der Waals surface area contributed by atoms with Gasteiger partial charge in [-0.2, -0.15) is 0 Å². The Morgan fingerprint density at radius 1 is 1.22 bits per heavy atom. The van der Waals surface area contributed by atoms with Crippen LogP contribution in [-0.4, -0.2) is 18.5 Å². The van der Waals surface area contributed by atoms with Crippen molar-refractivity contribution in [2.75, 3.05) is 7.11 Å². The summed E-state index contributed by atoms with van der Waals surface area (Å²) in [6, 6.07) is 0. The fraction of sp³-hybridized carbons (Fsp3) is 0.812. The molecule has 0 aromatic rings. The summed E-state index contributed by atoms with van der Waals surface area (Å²) in [4.78, 5) is 11.9. The Bertz CT molecular complexity index is 379. The number of carbonyl (C=O) groups is 1. The van der Waals surface area contributed by atoms with Crippen LogP contribution in [0, 0.1) is 17.8 Å². The van der Waals surface area contributed by atoms with Gasteiger partial charge in [-0.3, -0.25) is 4.79 Å². The predicted molar refractivity (Wildman–Crippen MR) is 73.4 cm³/mol. The normalized spacial score (nSPS) is 33.6. The Labute approximate surface area is 111 Å². The maximum absolute atomic E-state index is 11.9. The Balaban J connectivity index is 2.29. The molecule has 2 nitrogen and oxygen atoms in total. The largest absolute Gasteiger partial charge is 0.379 e.